The van der Waals surface area contributed by atoms with Crippen molar-refractivity contribution < 1.29 is 17.9 Å². The molecule has 0 aromatic heterocycles. The molecule has 2 aromatic rings. The van der Waals surface area contributed by atoms with Crippen molar-refractivity contribution in [2.45, 2.75) is 36.6 Å². The molecule has 1 atom stereocenters. The highest BCUT2D eigenvalue weighted by Crippen LogP contribution is 2.31. The molecule has 1 fully saturated rings. The van der Waals surface area contributed by atoms with Gasteiger partial charge in [-0.25, -0.2) is 13.6 Å². The molecule has 3 N–H and O–H groups in total. The molecule has 29 heavy (non-hydrogen) atoms. The predicted octanol–water partition coefficient (Wildman–Crippen LogP) is 2.90. The molecule has 3 rings (SSSR count). The Labute approximate surface area is 171 Å². The molecule has 156 valence electrons. The molecule has 1 aliphatic rings. The molecule has 1 heterocycles. The summed E-state index contributed by atoms with van der Waals surface area (Å²) in [5.41, 5.74) is 1.72. The quantitative estimate of drug-likeness (QED) is 0.752. The van der Waals surface area contributed by atoms with E-state index in [-0.39, 0.29) is 23.4 Å². The van der Waals surface area contributed by atoms with E-state index in [0.717, 1.165) is 38.0 Å². The normalized spacial score (nSPS) is 18.1. The third kappa shape index (κ3) is 5.79. The molecule has 1 saturated heterocycles. The van der Waals surface area contributed by atoms with Crippen LogP contribution in [0.4, 0.5) is 5.69 Å². The van der Waals surface area contributed by atoms with Crippen LogP contribution in [0.2, 0.25) is 0 Å². The number of hydrogen-bond acceptors (Lipinski definition) is 5. The number of anilines is 1. The average Bonchev–Trinajstić information content (AvgIpc) is 2.93. The van der Waals surface area contributed by atoms with Gasteiger partial charge in [0.05, 0.1) is 18.6 Å². The molecule has 8 heteroatoms. The van der Waals surface area contributed by atoms with E-state index in [2.05, 4.69) is 22.3 Å². The summed E-state index contributed by atoms with van der Waals surface area (Å²) in [5.74, 6) is 0.684. The summed E-state index contributed by atoms with van der Waals surface area (Å²) in [6.45, 7) is 1.13. The first-order valence-electron chi connectivity index (χ1n) is 9.67. The van der Waals surface area contributed by atoms with Gasteiger partial charge in [-0.1, -0.05) is 25.0 Å². The summed E-state index contributed by atoms with van der Waals surface area (Å²) < 4.78 is 27.9. The summed E-state index contributed by atoms with van der Waals surface area (Å²) in [7, 11) is -2.10. The Morgan fingerprint density at radius 3 is 2.41 bits per heavy atom. The standard InChI is InChI=1S/C21H27N3O4S/c1-28-18-10-6-16(7-11-18)20-5-3-2-4-14-24(20)15-21(25)23-17-8-12-19(13-9-17)29(22,26)27/h6-13,20H,2-5,14-15H2,1H3,(H,23,25)(H2,22,26,27). The van der Waals surface area contributed by atoms with Gasteiger partial charge in [-0.05, 0) is 61.3 Å². The lowest BCUT2D eigenvalue weighted by atomic mass is 10.0. The van der Waals surface area contributed by atoms with E-state index in [1.807, 2.05) is 12.1 Å². The summed E-state index contributed by atoms with van der Waals surface area (Å²) in [5, 5.41) is 7.95. The monoisotopic (exact) mass is 417 g/mol. The van der Waals surface area contributed by atoms with Crippen molar-refractivity contribution in [2.75, 3.05) is 25.5 Å². The predicted molar refractivity (Wildman–Crippen MR) is 112 cm³/mol. The highest BCUT2D eigenvalue weighted by atomic mass is 32.2. The second kappa shape index (κ2) is 9.39. The molecule has 1 aliphatic heterocycles. The number of hydrogen-bond donors (Lipinski definition) is 2. The minimum atomic E-state index is -3.75. The first kappa shape index (κ1) is 21.3. The number of methoxy groups -OCH3 is 1. The van der Waals surface area contributed by atoms with Gasteiger partial charge < -0.3 is 10.1 Å². The second-order valence-corrected chi connectivity index (χ2v) is 8.79. The SMILES string of the molecule is COc1ccc(C2CCCCCN2CC(=O)Nc2ccc(S(N)(=O)=O)cc2)cc1. The molecule has 0 spiro atoms. The van der Waals surface area contributed by atoms with Crippen molar-refractivity contribution >= 4 is 21.6 Å². The number of rotatable bonds is 6. The Morgan fingerprint density at radius 2 is 1.79 bits per heavy atom. The van der Waals surface area contributed by atoms with Crippen LogP contribution in [-0.4, -0.2) is 39.4 Å². The number of ether oxygens (including phenoxy) is 1. The van der Waals surface area contributed by atoms with Crippen LogP contribution >= 0.6 is 0 Å². The number of sulfonamides is 1. The Balaban J connectivity index is 1.68. The topological polar surface area (TPSA) is 102 Å². The van der Waals surface area contributed by atoms with Gasteiger partial charge in [0, 0.05) is 11.7 Å². The van der Waals surface area contributed by atoms with Gasteiger partial charge >= 0.3 is 0 Å². The molecular weight excluding hydrogens is 390 g/mol. The maximum Gasteiger partial charge on any atom is 0.238 e. The van der Waals surface area contributed by atoms with Crippen LogP contribution in [0.3, 0.4) is 0 Å². The summed E-state index contributed by atoms with van der Waals surface area (Å²) in [6, 6.07) is 14.1. The molecule has 1 amide bonds. The largest absolute Gasteiger partial charge is 0.497 e. The van der Waals surface area contributed by atoms with E-state index >= 15 is 0 Å². The van der Waals surface area contributed by atoms with Crippen molar-refractivity contribution in [2.24, 2.45) is 5.14 Å². The number of primary sulfonamides is 1. The van der Waals surface area contributed by atoms with Crippen molar-refractivity contribution in [1.82, 2.24) is 4.90 Å². The summed E-state index contributed by atoms with van der Waals surface area (Å²) in [6.07, 6.45) is 4.34. The number of nitrogens with one attached hydrogen (secondary N) is 1. The highest BCUT2D eigenvalue weighted by Gasteiger charge is 2.24. The number of carbonyl (C=O) groups is 1. The smallest absolute Gasteiger partial charge is 0.238 e. The number of nitrogens with zero attached hydrogens (tertiary/aromatic N) is 1. The molecule has 2 aromatic carbocycles. The van der Waals surface area contributed by atoms with Gasteiger partial charge in [0.15, 0.2) is 0 Å². The number of benzene rings is 2. The fourth-order valence-electron chi connectivity index (χ4n) is 3.67. The van der Waals surface area contributed by atoms with Gasteiger partial charge in [0.1, 0.15) is 5.75 Å². The fraction of sp³-hybridized carbons (Fsp3) is 0.381. The lowest BCUT2D eigenvalue weighted by Crippen LogP contribution is -2.36. The van der Waals surface area contributed by atoms with E-state index in [4.69, 9.17) is 9.88 Å². The maximum atomic E-state index is 12.6. The molecule has 0 saturated carbocycles. The number of amides is 1. The zero-order valence-electron chi connectivity index (χ0n) is 16.5. The average molecular weight is 418 g/mol. The van der Waals surface area contributed by atoms with Gasteiger partial charge in [-0.3, -0.25) is 9.69 Å². The van der Waals surface area contributed by atoms with Gasteiger partial charge in [-0.15, -0.1) is 0 Å². The molecule has 7 nitrogen and oxygen atoms in total. The zero-order chi connectivity index (χ0) is 20.9. The molecular formula is C21H27N3O4S. The lowest BCUT2D eigenvalue weighted by molar-refractivity contribution is -0.117. The van der Waals surface area contributed by atoms with Crippen LogP contribution in [0.5, 0.6) is 5.75 Å². The van der Waals surface area contributed by atoms with Gasteiger partial charge in [-0.2, -0.15) is 0 Å². The maximum absolute atomic E-state index is 12.6. The van der Waals surface area contributed by atoms with E-state index in [9.17, 15) is 13.2 Å². The van der Waals surface area contributed by atoms with Crippen LogP contribution < -0.4 is 15.2 Å². The van der Waals surface area contributed by atoms with Crippen molar-refractivity contribution in [3.8, 4) is 5.75 Å². The van der Waals surface area contributed by atoms with Crippen LogP contribution in [-0.2, 0) is 14.8 Å². The van der Waals surface area contributed by atoms with Gasteiger partial charge in [0.25, 0.3) is 0 Å². The Bertz CT molecular complexity index is 927. The van der Waals surface area contributed by atoms with Crippen LogP contribution in [0.25, 0.3) is 0 Å². The van der Waals surface area contributed by atoms with E-state index < -0.39 is 10.0 Å². The first-order chi connectivity index (χ1) is 13.9. The lowest BCUT2D eigenvalue weighted by Gasteiger charge is -2.29. The molecule has 0 bridgehead atoms. The summed E-state index contributed by atoms with van der Waals surface area (Å²) in [4.78, 5) is 14.9. The Hall–Kier alpha value is -2.42. The third-order valence-corrected chi connectivity index (χ3v) is 6.11. The number of likely N-dealkylation sites (tertiary alicyclic amines) is 1. The fourth-order valence-corrected chi connectivity index (χ4v) is 4.19. The first-order valence-corrected chi connectivity index (χ1v) is 11.2. The Morgan fingerprint density at radius 1 is 1.10 bits per heavy atom. The molecule has 0 aliphatic carbocycles. The van der Waals surface area contributed by atoms with Crippen LogP contribution in [0, 0.1) is 0 Å². The Kier molecular flexibility index (Phi) is 6.89. The van der Waals surface area contributed by atoms with E-state index in [0.29, 0.717) is 5.69 Å². The summed E-state index contributed by atoms with van der Waals surface area (Å²) >= 11 is 0. The van der Waals surface area contributed by atoms with Gasteiger partial charge in [0.2, 0.25) is 15.9 Å². The van der Waals surface area contributed by atoms with E-state index in [1.165, 1.54) is 17.7 Å². The second-order valence-electron chi connectivity index (χ2n) is 7.23. The van der Waals surface area contributed by atoms with Crippen molar-refractivity contribution in [3.63, 3.8) is 0 Å². The van der Waals surface area contributed by atoms with Crippen LogP contribution in [0.15, 0.2) is 53.4 Å². The van der Waals surface area contributed by atoms with Crippen molar-refractivity contribution in [1.29, 1.82) is 0 Å². The minimum Gasteiger partial charge on any atom is -0.497 e. The van der Waals surface area contributed by atoms with Crippen LogP contribution in [0.1, 0.15) is 37.3 Å². The number of carbonyl (C=O) groups excluding carboxylic acids is 1. The highest BCUT2D eigenvalue weighted by molar-refractivity contribution is 7.89. The molecule has 0 radical (unpaired) electrons. The number of nitrogens with two attached hydrogens (primary N) is 1. The minimum absolute atomic E-state index is 0.0163. The molecule has 1 unspecified atom stereocenters. The van der Waals surface area contributed by atoms with E-state index in [1.54, 1.807) is 19.2 Å². The third-order valence-electron chi connectivity index (χ3n) is 5.18. The van der Waals surface area contributed by atoms with Crippen molar-refractivity contribution in [3.05, 3.63) is 54.1 Å². The zero-order valence-corrected chi connectivity index (χ0v) is 17.3.